The average molecular weight is 808 g/mol. The van der Waals surface area contributed by atoms with Gasteiger partial charge in [0.25, 0.3) is 16.7 Å². The maximum absolute atomic E-state index is 13.4. The van der Waals surface area contributed by atoms with Crippen molar-refractivity contribution < 1.29 is 14.4 Å². The third kappa shape index (κ3) is 13.0. The fourth-order valence-corrected chi connectivity index (χ4v) is 7.01. The summed E-state index contributed by atoms with van der Waals surface area (Å²) in [4.78, 5) is 122. The molecule has 18 nitrogen and oxygen atoms in total. The van der Waals surface area contributed by atoms with Crippen LogP contribution < -0.4 is 33.7 Å². The van der Waals surface area contributed by atoms with Crippen molar-refractivity contribution in [1.29, 1.82) is 0 Å². The van der Waals surface area contributed by atoms with Gasteiger partial charge in [-0.25, -0.2) is 14.4 Å². The van der Waals surface area contributed by atoms with Crippen molar-refractivity contribution in [3.63, 3.8) is 0 Å². The largest absolute Gasteiger partial charge is 0.340 e. The molecule has 3 aromatic heterocycles. The Morgan fingerprint density at radius 2 is 0.944 bits per heavy atom. The molecule has 0 atom stereocenters. The second-order valence-corrected chi connectivity index (χ2v) is 15.0. The van der Waals surface area contributed by atoms with E-state index >= 15 is 0 Å². The molecule has 3 rings (SSSR count). The van der Waals surface area contributed by atoms with Crippen LogP contribution in [-0.4, -0.2) is 123 Å². The highest BCUT2D eigenvalue weighted by Crippen LogP contribution is 2.09. The van der Waals surface area contributed by atoms with Gasteiger partial charge in [0.1, 0.15) is 19.6 Å². The number of nitrogens with one attached hydrogen (secondary N) is 3. The van der Waals surface area contributed by atoms with Crippen LogP contribution >= 0.6 is 36.2 Å². The predicted octanol–water partition coefficient (Wildman–Crippen LogP) is -1.41. The summed E-state index contributed by atoms with van der Waals surface area (Å²) in [6.07, 6.45) is 5.36. The molecule has 0 radical (unpaired) electrons. The lowest BCUT2D eigenvalue weighted by molar-refractivity contribution is -0.132. The Morgan fingerprint density at radius 1 is 0.611 bits per heavy atom. The van der Waals surface area contributed by atoms with Crippen molar-refractivity contribution in [2.45, 2.75) is 40.4 Å². The number of H-pyrrole nitrogens is 3. The van der Waals surface area contributed by atoms with Gasteiger partial charge in [0.05, 0.1) is 0 Å². The summed E-state index contributed by atoms with van der Waals surface area (Å²) in [5, 5.41) is 0. The SMILES string of the molecule is C=CN(CCSCCN(CCSCCN(CCS)C(=O)Cn1cc(C)c(=O)[nH]c1=O)C(=O)Cn1cc(C)c(=O)[nH]c1=O)C(=O)Cn1cc(C)c(=O)[nH]c1=O. The van der Waals surface area contributed by atoms with Gasteiger partial charge in [-0.3, -0.25) is 57.4 Å². The number of nitrogens with zero attached hydrogens (tertiary/aromatic N) is 6. The Kier molecular flexibility index (Phi) is 17.1. The second-order valence-electron chi connectivity index (χ2n) is 12.1. The van der Waals surface area contributed by atoms with Crippen molar-refractivity contribution in [3.05, 3.63) is 111 Å². The van der Waals surface area contributed by atoms with Gasteiger partial charge in [0, 0.05) is 96.8 Å². The van der Waals surface area contributed by atoms with Crippen LogP contribution in [0.2, 0.25) is 0 Å². The molecule has 3 heterocycles. The van der Waals surface area contributed by atoms with Crippen molar-refractivity contribution in [1.82, 2.24) is 43.4 Å². The number of rotatable bonds is 21. The number of aromatic amines is 3. The van der Waals surface area contributed by atoms with Crippen LogP contribution in [0.3, 0.4) is 0 Å². The predicted molar refractivity (Wildman–Crippen MR) is 212 cm³/mol. The zero-order valence-corrected chi connectivity index (χ0v) is 32.9. The van der Waals surface area contributed by atoms with Gasteiger partial charge in [0.2, 0.25) is 17.7 Å². The van der Waals surface area contributed by atoms with Gasteiger partial charge in [-0.15, -0.1) is 0 Å². The smallest absolute Gasteiger partial charge is 0.328 e. The number of thiol groups is 1. The molecule has 0 unspecified atom stereocenters. The molecule has 3 N–H and O–H groups in total. The maximum atomic E-state index is 13.4. The van der Waals surface area contributed by atoms with Gasteiger partial charge in [-0.1, -0.05) is 6.58 Å². The van der Waals surface area contributed by atoms with Crippen molar-refractivity contribution >= 4 is 53.9 Å². The van der Waals surface area contributed by atoms with Crippen LogP contribution in [0, 0.1) is 20.8 Å². The molecule has 3 aromatic rings. The van der Waals surface area contributed by atoms with Gasteiger partial charge in [-0.05, 0) is 27.0 Å². The third-order valence-electron chi connectivity index (χ3n) is 8.09. The molecule has 0 spiro atoms. The maximum Gasteiger partial charge on any atom is 0.328 e. The number of carbonyl (C=O) groups is 3. The van der Waals surface area contributed by atoms with E-state index in [1.807, 2.05) is 0 Å². The van der Waals surface area contributed by atoms with Crippen LogP contribution in [0.4, 0.5) is 0 Å². The van der Waals surface area contributed by atoms with Crippen LogP contribution in [0.1, 0.15) is 16.7 Å². The van der Waals surface area contributed by atoms with Crippen molar-refractivity contribution in [3.8, 4) is 0 Å². The van der Waals surface area contributed by atoms with Gasteiger partial charge >= 0.3 is 17.1 Å². The summed E-state index contributed by atoms with van der Waals surface area (Å²) >= 11 is 7.24. The molecule has 0 saturated carbocycles. The molecule has 0 aliphatic heterocycles. The lowest BCUT2D eigenvalue weighted by Crippen LogP contribution is -2.41. The molecule has 0 aromatic carbocycles. The van der Waals surface area contributed by atoms with E-state index in [2.05, 4.69) is 34.2 Å². The number of hydrogen-bond acceptors (Lipinski definition) is 12. The van der Waals surface area contributed by atoms with Crippen LogP contribution in [0.5, 0.6) is 0 Å². The Morgan fingerprint density at radius 3 is 1.30 bits per heavy atom. The molecule has 0 bridgehead atoms. The third-order valence-corrected chi connectivity index (χ3v) is 10.2. The van der Waals surface area contributed by atoms with E-state index in [0.717, 1.165) is 13.7 Å². The van der Waals surface area contributed by atoms with E-state index in [-0.39, 0.29) is 43.6 Å². The average Bonchev–Trinajstić information content (AvgIpc) is 3.11. The first-order valence-electron chi connectivity index (χ1n) is 16.8. The van der Waals surface area contributed by atoms with E-state index < -0.39 is 39.7 Å². The summed E-state index contributed by atoms with van der Waals surface area (Å²) in [5.74, 6) is 1.32. The van der Waals surface area contributed by atoms with Crippen molar-refractivity contribution in [2.24, 2.45) is 0 Å². The number of aromatic nitrogens is 6. The Hall–Kier alpha value is -4.76. The highest BCUT2D eigenvalue weighted by Gasteiger charge is 2.18. The van der Waals surface area contributed by atoms with Gasteiger partial charge < -0.3 is 14.7 Å². The first-order valence-corrected chi connectivity index (χ1v) is 19.7. The topological polar surface area (TPSA) is 226 Å². The number of aryl methyl sites for hydroxylation is 3. The fraction of sp³-hybridized carbons (Fsp3) is 0.485. The molecule has 0 saturated heterocycles. The lowest BCUT2D eigenvalue weighted by atomic mass is 10.3. The summed E-state index contributed by atoms with van der Waals surface area (Å²) in [7, 11) is 0. The number of amides is 3. The first-order chi connectivity index (χ1) is 25.6. The standard InChI is InChI=1S/C33H45N9O9S3/c1-5-37(25(43)19-40-16-22(2)28(46)34-31(40)49)7-12-53-14-9-39(27(45)21-42-18-24(4)30(48)36-33(42)51)10-15-54-13-8-38(6-11-52)26(44)20-41-17-23(3)29(47)35-32(41)50/h5,16-18,52H,1,6-15,19-21H2,2-4H3,(H,34,46,49)(H,35,47,50)(H,36,48,51). The normalized spacial score (nSPS) is 11.0. The van der Waals surface area contributed by atoms with Crippen LogP contribution in [0.25, 0.3) is 0 Å². The Labute approximate surface area is 323 Å². The lowest BCUT2D eigenvalue weighted by Gasteiger charge is -2.24. The Bertz CT molecular complexity index is 2170. The second kappa shape index (κ2) is 21.2. The molecule has 0 aliphatic rings. The molecule has 0 fully saturated rings. The Balaban J connectivity index is 1.57. The highest BCUT2D eigenvalue weighted by molar-refractivity contribution is 7.99. The minimum absolute atomic E-state index is 0.244. The monoisotopic (exact) mass is 807 g/mol. The quantitative estimate of drug-likeness (QED) is 0.0723. The number of thioether (sulfide) groups is 2. The van der Waals surface area contributed by atoms with Crippen molar-refractivity contribution in [2.75, 3.05) is 61.5 Å². The van der Waals surface area contributed by atoms with Crippen LogP contribution in [0.15, 0.2) is 60.1 Å². The van der Waals surface area contributed by atoms with Crippen LogP contribution in [-0.2, 0) is 34.0 Å². The van der Waals surface area contributed by atoms with Gasteiger partial charge in [0.15, 0.2) is 0 Å². The minimum atomic E-state index is -0.704. The molecular weight excluding hydrogens is 763 g/mol. The van der Waals surface area contributed by atoms with E-state index in [4.69, 9.17) is 0 Å². The summed E-state index contributed by atoms with van der Waals surface area (Å²) in [6, 6.07) is 0. The zero-order valence-electron chi connectivity index (χ0n) is 30.3. The molecule has 54 heavy (non-hydrogen) atoms. The fourth-order valence-electron chi connectivity index (χ4n) is 4.99. The summed E-state index contributed by atoms with van der Waals surface area (Å²) < 4.78 is 3.41. The minimum Gasteiger partial charge on any atom is -0.340 e. The summed E-state index contributed by atoms with van der Waals surface area (Å²) in [6.45, 7) is 9.07. The van der Waals surface area contributed by atoms with E-state index in [9.17, 15) is 43.2 Å². The van der Waals surface area contributed by atoms with E-state index in [1.54, 1.807) is 16.7 Å². The number of hydrogen-bond donors (Lipinski definition) is 4. The van der Waals surface area contributed by atoms with E-state index in [1.165, 1.54) is 67.1 Å². The molecule has 294 valence electrons. The molecule has 0 aliphatic carbocycles. The first kappa shape index (κ1) is 43.6. The molecule has 3 amide bonds. The molecular formula is C33H45N9O9S3. The molecule has 21 heteroatoms. The van der Waals surface area contributed by atoms with Gasteiger partial charge in [-0.2, -0.15) is 36.2 Å². The number of carbonyl (C=O) groups excluding carboxylic acids is 3. The zero-order chi connectivity index (χ0) is 39.9. The summed E-state index contributed by atoms with van der Waals surface area (Å²) in [5.41, 5.74) is -2.77. The van der Waals surface area contributed by atoms with E-state index in [0.29, 0.717) is 66.1 Å². The highest BCUT2D eigenvalue weighted by atomic mass is 32.2.